The number of hydrogen-bond donors (Lipinski definition) is 4. The van der Waals surface area contributed by atoms with E-state index >= 15 is 0 Å². The maximum atomic E-state index is 13.5. The van der Waals surface area contributed by atoms with Gasteiger partial charge in [0, 0.05) is 36.5 Å². The molecular formula is C31H30FN7O2. The first-order valence-corrected chi connectivity index (χ1v) is 13.6. The number of amides is 1. The van der Waals surface area contributed by atoms with Crippen LogP contribution in [-0.2, 0) is 6.54 Å². The molecule has 1 atom stereocenters. The van der Waals surface area contributed by atoms with E-state index in [0.717, 1.165) is 43.6 Å². The number of anilines is 2. The number of rotatable bonds is 7. The summed E-state index contributed by atoms with van der Waals surface area (Å²) in [6, 6.07) is 19.0. The lowest BCUT2D eigenvalue weighted by molar-refractivity contribution is 0.102. The minimum atomic E-state index is -0.428. The predicted octanol–water partition coefficient (Wildman–Crippen LogP) is 4.86. The van der Waals surface area contributed by atoms with Crippen LogP contribution in [0, 0.1) is 11.7 Å². The molecule has 2 aromatic heterocycles. The standard InChI is InChI=1S/C31H30FN7O2/c32-23-7-2-8-24(14-23)35-31(41)22-9-10-25-26(13-22)38-30(37-25)28-29(33)34-15-27(36-28)21-6-1-4-19(12-21)16-39-11-3-5-20(17-39)18-40/h1-2,4,6-10,12-15,20,40H,3,5,11,16-18H2,(H2,33,34)(H,35,41)(H,37,38). The van der Waals surface area contributed by atoms with E-state index in [1.54, 1.807) is 30.5 Å². The molecule has 0 aliphatic carbocycles. The highest BCUT2D eigenvalue weighted by molar-refractivity contribution is 6.06. The number of aromatic amines is 1. The lowest BCUT2D eigenvalue weighted by Crippen LogP contribution is -2.36. The molecule has 41 heavy (non-hydrogen) atoms. The topological polar surface area (TPSA) is 133 Å². The molecule has 3 aromatic carbocycles. The summed E-state index contributed by atoms with van der Waals surface area (Å²) in [5.41, 5.74) is 11.4. The van der Waals surface area contributed by atoms with Gasteiger partial charge in [0.15, 0.2) is 11.6 Å². The number of nitrogen functional groups attached to an aromatic ring is 1. The Labute approximate surface area is 236 Å². The zero-order chi connectivity index (χ0) is 28.3. The minimum absolute atomic E-state index is 0.228. The molecule has 5 N–H and O–H groups in total. The molecule has 208 valence electrons. The molecule has 10 heteroatoms. The molecule has 1 saturated heterocycles. The number of piperidine rings is 1. The highest BCUT2D eigenvalue weighted by Gasteiger charge is 2.20. The molecule has 0 bridgehead atoms. The monoisotopic (exact) mass is 551 g/mol. The van der Waals surface area contributed by atoms with Crippen LogP contribution in [0.25, 0.3) is 33.8 Å². The second-order valence-corrected chi connectivity index (χ2v) is 10.4. The van der Waals surface area contributed by atoms with E-state index < -0.39 is 5.82 Å². The number of carbonyl (C=O) groups is 1. The molecule has 0 spiro atoms. The lowest BCUT2D eigenvalue weighted by atomic mass is 9.98. The Balaban J connectivity index is 1.24. The van der Waals surface area contributed by atoms with E-state index in [1.807, 2.05) is 12.1 Å². The van der Waals surface area contributed by atoms with Gasteiger partial charge < -0.3 is 21.1 Å². The van der Waals surface area contributed by atoms with Gasteiger partial charge in [0.25, 0.3) is 5.91 Å². The van der Waals surface area contributed by atoms with E-state index in [9.17, 15) is 14.3 Å². The number of carbonyl (C=O) groups excluding carboxylic acids is 1. The molecular weight excluding hydrogens is 521 g/mol. The third kappa shape index (κ3) is 5.93. The van der Waals surface area contributed by atoms with Crippen molar-refractivity contribution in [1.29, 1.82) is 0 Å². The molecule has 9 nitrogen and oxygen atoms in total. The van der Waals surface area contributed by atoms with Crippen molar-refractivity contribution in [3.8, 4) is 22.8 Å². The van der Waals surface area contributed by atoms with Crippen molar-refractivity contribution in [2.45, 2.75) is 19.4 Å². The number of nitrogens with one attached hydrogen (secondary N) is 2. The Kier molecular flexibility index (Phi) is 7.41. The van der Waals surface area contributed by atoms with E-state index in [4.69, 9.17) is 10.7 Å². The summed E-state index contributed by atoms with van der Waals surface area (Å²) in [4.78, 5) is 32.2. The molecule has 3 heterocycles. The zero-order valence-electron chi connectivity index (χ0n) is 22.3. The van der Waals surface area contributed by atoms with Gasteiger partial charge in [-0.3, -0.25) is 9.69 Å². The normalized spacial score (nSPS) is 15.7. The van der Waals surface area contributed by atoms with E-state index in [0.29, 0.717) is 45.4 Å². The summed E-state index contributed by atoms with van der Waals surface area (Å²) in [5.74, 6) is 0.208. The SMILES string of the molecule is Nc1ncc(-c2cccc(CN3CCCC(CO)C3)c2)nc1-c1nc2ccc(C(=O)Nc3cccc(F)c3)cc2[nH]1. The van der Waals surface area contributed by atoms with Crippen molar-refractivity contribution in [2.24, 2.45) is 5.92 Å². The Bertz CT molecular complexity index is 1720. The Morgan fingerprint density at radius 2 is 2.00 bits per heavy atom. The van der Waals surface area contributed by atoms with Crippen molar-refractivity contribution in [2.75, 3.05) is 30.7 Å². The second-order valence-electron chi connectivity index (χ2n) is 10.4. The van der Waals surface area contributed by atoms with Gasteiger partial charge in [0.05, 0.1) is 22.9 Å². The number of imidazole rings is 1. The smallest absolute Gasteiger partial charge is 0.255 e. The van der Waals surface area contributed by atoms with Crippen LogP contribution < -0.4 is 11.1 Å². The summed E-state index contributed by atoms with van der Waals surface area (Å²) in [7, 11) is 0. The minimum Gasteiger partial charge on any atom is -0.396 e. The van der Waals surface area contributed by atoms with Gasteiger partial charge in [0.2, 0.25) is 0 Å². The van der Waals surface area contributed by atoms with Crippen LogP contribution in [0.1, 0.15) is 28.8 Å². The molecule has 0 radical (unpaired) electrons. The first-order valence-electron chi connectivity index (χ1n) is 13.6. The number of halogens is 1. The molecule has 1 aliphatic rings. The third-order valence-electron chi connectivity index (χ3n) is 7.34. The van der Waals surface area contributed by atoms with Crippen LogP contribution in [0.15, 0.2) is 72.9 Å². The van der Waals surface area contributed by atoms with Crippen molar-refractivity contribution in [3.63, 3.8) is 0 Å². The fourth-order valence-electron chi connectivity index (χ4n) is 5.28. The van der Waals surface area contributed by atoms with Gasteiger partial charge in [-0.05, 0) is 73.3 Å². The molecule has 1 aliphatic heterocycles. The first kappa shape index (κ1) is 26.5. The van der Waals surface area contributed by atoms with E-state index in [-0.39, 0.29) is 18.3 Å². The molecule has 5 aromatic rings. The summed E-state index contributed by atoms with van der Waals surface area (Å²) in [6.07, 6.45) is 3.81. The lowest BCUT2D eigenvalue weighted by Gasteiger charge is -2.31. The van der Waals surface area contributed by atoms with Gasteiger partial charge in [-0.15, -0.1) is 0 Å². The Hall–Kier alpha value is -4.67. The Morgan fingerprint density at radius 3 is 2.85 bits per heavy atom. The van der Waals surface area contributed by atoms with Gasteiger partial charge in [0.1, 0.15) is 11.5 Å². The number of H-pyrrole nitrogens is 1. The number of aromatic nitrogens is 4. The van der Waals surface area contributed by atoms with Crippen molar-refractivity contribution < 1.29 is 14.3 Å². The fraction of sp³-hybridized carbons (Fsp3) is 0.226. The first-order chi connectivity index (χ1) is 19.9. The second kappa shape index (κ2) is 11.4. The van der Waals surface area contributed by atoms with Crippen molar-refractivity contribution in [3.05, 3.63) is 89.9 Å². The average molecular weight is 552 g/mol. The summed E-state index contributed by atoms with van der Waals surface area (Å²) in [6.45, 7) is 2.95. The maximum absolute atomic E-state index is 13.5. The van der Waals surface area contributed by atoms with Crippen LogP contribution in [0.2, 0.25) is 0 Å². The van der Waals surface area contributed by atoms with Crippen LogP contribution in [0.4, 0.5) is 15.9 Å². The predicted molar refractivity (Wildman–Crippen MR) is 156 cm³/mol. The quantitative estimate of drug-likeness (QED) is 0.227. The molecule has 1 amide bonds. The number of fused-ring (bicyclic) bond motifs is 1. The summed E-state index contributed by atoms with van der Waals surface area (Å²) < 4.78 is 13.5. The highest BCUT2D eigenvalue weighted by Crippen LogP contribution is 2.28. The molecule has 0 saturated carbocycles. The van der Waals surface area contributed by atoms with Crippen molar-refractivity contribution >= 4 is 28.4 Å². The largest absolute Gasteiger partial charge is 0.396 e. The van der Waals surface area contributed by atoms with Gasteiger partial charge in [-0.2, -0.15) is 0 Å². The number of aliphatic hydroxyl groups excluding tert-OH is 1. The molecule has 1 fully saturated rings. The van der Waals surface area contributed by atoms with Crippen LogP contribution in [-0.4, -0.2) is 55.5 Å². The maximum Gasteiger partial charge on any atom is 0.255 e. The molecule has 1 unspecified atom stereocenters. The Morgan fingerprint density at radius 1 is 1.12 bits per heavy atom. The van der Waals surface area contributed by atoms with Gasteiger partial charge in [-0.1, -0.05) is 24.3 Å². The summed E-state index contributed by atoms with van der Waals surface area (Å²) >= 11 is 0. The van der Waals surface area contributed by atoms with Gasteiger partial charge in [-0.25, -0.2) is 19.3 Å². The average Bonchev–Trinajstić information content (AvgIpc) is 3.41. The van der Waals surface area contributed by atoms with E-state index in [1.165, 1.54) is 18.2 Å². The summed E-state index contributed by atoms with van der Waals surface area (Å²) in [5, 5.41) is 12.3. The highest BCUT2D eigenvalue weighted by atomic mass is 19.1. The van der Waals surface area contributed by atoms with Crippen molar-refractivity contribution in [1.82, 2.24) is 24.8 Å². The number of nitrogens with two attached hydrogens (primary N) is 1. The number of nitrogens with zero attached hydrogens (tertiary/aromatic N) is 4. The van der Waals surface area contributed by atoms with E-state index in [2.05, 4.69) is 37.3 Å². The fourth-order valence-corrected chi connectivity index (χ4v) is 5.28. The van der Waals surface area contributed by atoms with Crippen LogP contribution in [0.3, 0.4) is 0 Å². The van der Waals surface area contributed by atoms with Crippen LogP contribution in [0.5, 0.6) is 0 Å². The zero-order valence-corrected chi connectivity index (χ0v) is 22.3. The number of benzene rings is 3. The number of aliphatic hydroxyl groups is 1. The number of likely N-dealkylation sites (tertiary alicyclic amines) is 1. The third-order valence-corrected chi connectivity index (χ3v) is 7.34. The van der Waals surface area contributed by atoms with Gasteiger partial charge >= 0.3 is 0 Å². The number of hydrogen-bond acceptors (Lipinski definition) is 7. The van der Waals surface area contributed by atoms with Crippen LogP contribution >= 0.6 is 0 Å². The molecule has 6 rings (SSSR count).